The Bertz CT molecular complexity index is 1250. The fraction of sp³-hybridized carbons (Fsp3) is 0.787. The molecule has 6 N–H and O–H groups in total. The van der Waals surface area contributed by atoms with E-state index in [1.54, 1.807) is 0 Å². The normalized spacial score (nSPS) is 22.4. The van der Waals surface area contributed by atoms with Crippen molar-refractivity contribution in [3.63, 3.8) is 0 Å². The smallest absolute Gasteiger partial charge is 0.462 e. The van der Waals surface area contributed by atoms with Crippen LogP contribution in [-0.4, -0.2) is 98.3 Å². The lowest BCUT2D eigenvalue weighted by atomic mass is 9.85. The van der Waals surface area contributed by atoms with Crippen LogP contribution in [0.1, 0.15) is 181 Å². The fourth-order valence-corrected chi connectivity index (χ4v) is 7.90. The van der Waals surface area contributed by atoms with Crippen LogP contribution in [0.15, 0.2) is 48.6 Å². The first-order chi connectivity index (χ1) is 29.4. The van der Waals surface area contributed by atoms with E-state index in [0.717, 1.165) is 57.8 Å². The second-order valence-corrected chi connectivity index (χ2v) is 17.6. The van der Waals surface area contributed by atoms with Crippen LogP contribution in [-0.2, 0) is 32.7 Å². The Labute approximate surface area is 367 Å². The van der Waals surface area contributed by atoms with Crippen molar-refractivity contribution in [3.8, 4) is 0 Å². The van der Waals surface area contributed by atoms with Crippen molar-refractivity contribution in [2.75, 3.05) is 13.2 Å². The van der Waals surface area contributed by atoms with Crippen LogP contribution in [0.5, 0.6) is 0 Å². The molecule has 1 rings (SSSR count). The van der Waals surface area contributed by atoms with Crippen LogP contribution in [0.3, 0.4) is 0 Å². The summed E-state index contributed by atoms with van der Waals surface area (Å²) in [6.45, 7) is 3.16. The monoisotopic (exact) mass is 887 g/mol. The lowest BCUT2D eigenvalue weighted by Crippen LogP contribution is -2.64. The molecule has 0 bridgehead atoms. The van der Waals surface area contributed by atoms with Crippen LogP contribution in [0.4, 0.5) is 0 Å². The highest BCUT2D eigenvalue weighted by atomic mass is 31.2. The van der Waals surface area contributed by atoms with Crippen LogP contribution >= 0.6 is 7.82 Å². The number of phosphoric acid groups is 1. The number of esters is 2. The zero-order valence-corrected chi connectivity index (χ0v) is 38.3. The highest BCUT2D eigenvalue weighted by Crippen LogP contribution is 2.47. The molecule has 0 radical (unpaired) electrons. The molecule has 1 saturated carbocycles. The molecule has 0 aliphatic heterocycles. The SMILES string of the molecule is CC/C=C\C/C=C\C/C=C\C/C=C\CCCCC(=O)OC(COC(=O)CCCCCCCCCCCCCCCCCCC)COP(=O)(O)OC1C(O)C(O)C(O)C(O)C1O. The molecule has 0 aromatic carbocycles. The Hall–Kier alpha value is -2.19. The number of unbranched alkanes of at least 4 members (excludes halogenated alkanes) is 18. The number of carbonyl (C=O) groups excluding carboxylic acids is 2. The number of ether oxygens (including phenoxy) is 2. The summed E-state index contributed by atoms with van der Waals surface area (Å²) < 4.78 is 33.5. The average molecular weight is 887 g/mol. The first kappa shape index (κ1) is 56.8. The van der Waals surface area contributed by atoms with Gasteiger partial charge in [0.05, 0.1) is 6.61 Å². The van der Waals surface area contributed by atoms with Gasteiger partial charge in [-0.25, -0.2) is 4.57 Å². The Morgan fingerprint density at radius 2 is 0.934 bits per heavy atom. The van der Waals surface area contributed by atoms with Gasteiger partial charge in [0.1, 0.15) is 43.2 Å². The van der Waals surface area contributed by atoms with Gasteiger partial charge in [0.15, 0.2) is 6.10 Å². The van der Waals surface area contributed by atoms with Gasteiger partial charge in [0.25, 0.3) is 0 Å². The zero-order chi connectivity index (χ0) is 45.0. The summed E-state index contributed by atoms with van der Waals surface area (Å²) in [5, 5.41) is 50.1. The van der Waals surface area contributed by atoms with E-state index in [1.807, 2.05) is 0 Å². The molecule has 1 aliphatic carbocycles. The molecule has 0 aromatic rings. The fourth-order valence-electron chi connectivity index (χ4n) is 6.93. The standard InChI is InChI=1S/C47H83O13P/c1-3-5-7-9-11-13-15-17-19-20-22-23-25-27-29-31-33-35-40(48)57-37-39(38-58-61(55,56)60-47-45(53)43(51)42(50)44(52)46(47)54)59-41(49)36-34-32-30-28-26-24-21-18-16-14-12-10-8-6-4-2/h6,8,12,14,18,21,26,28,39,42-47,50-54H,3-5,7,9-11,13,15-17,19-20,22-25,27,29-38H2,1-2H3,(H,55,56)/b8-6-,14-12-,21-18-,28-26-. The lowest BCUT2D eigenvalue weighted by Gasteiger charge is -2.41. The van der Waals surface area contributed by atoms with Crippen molar-refractivity contribution in [3.05, 3.63) is 48.6 Å². The molecule has 6 unspecified atom stereocenters. The summed E-state index contributed by atoms with van der Waals surface area (Å²) in [7, 11) is -5.13. The van der Waals surface area contributed by atoms with E-state index in [4.69, 9.17) is 18.5 Å². The summed E-state index contributed by atoms with van der Waals surface area (Å²) in [5.74, 6) is -1.15. The minimum Gasteiger partial charge on any atom is -0.462 e. The summed E-state index contributed by atoms with van der Waals surface area (Å²) in [5.41, 5.74) is 0. The van der Waals surface area contributed by atoms with E-state index >= 15 is 0 Å². The van der Waals surface area contributed by atoms with Crippen molar-refractivity contribution in [1.29, 1.82) is 0 Å². The van der Waals surface area contributed by atoms with Crippen molar-refractivity contribution in [2.45, 2.75) is 224 Å². The van der Waals surface area contributed by atoms with Crippen LogP contribution < -0.4 is 0 Å². The summed E-state index contributed by atoms with van der Waals surface area (Å²) in [6.07, 6.45) is 30.3. The molecule has 0 aromatic heterocycles. The molecular formula is C47H83O13P. The van der Waals surface area contributed by atoms with Crippen LogP contribution in [0.2, 0.25) is 0 Å². The minimum atomic E-state index is -5.13. The third-order valence-corrected chi connectivity index (χ3v) is 11.7. The maximum Gasteiger partial charge on any atom is 0.472 e. The van der Waals surface area contributed by atoms with E-state index in [9.17, 15) is 44.6 Å². The van der Waals surface area contributed by atoms with Crippen LogP contribution in [0, 0.1) is 0 Å². The Kier molecular flexibility index (Phi) is 34.7. The molecule has 0 saturated heterocycles. The molecule has 1 aliphatic rings. The van der Waals surface area contributed by atoms with Gasteiger partial charge in [-0.2, -0.15) is 0 Å². The van der Waals surface area contributed by atoms with Gasteiger partial charge in [-0.15, -0.1) is 0 Å². The maximum absolute atomic E-state index is 12.8. The van der Waals surface area contributed by atoms with E-state index in [1.165, 1.54) is 83.5 Å². The number of aliphatic hydroxyl groups excluding tert-OH is 5. The van der Waals surface area contributed by atoms with Gasteiger partial charge in [-0.05, 0) is 51.4 Å². The number of hydrogen-bond acceptors (Lipinski definition) is 12. The van der Waals surface area contributed by atoms with Crippen molar-refractivity contribution < 1.29 is 63.1 Å². The van der Waals surface area contributed by atoms with E-state index in [0.29, 0.717) is 12.8 Å². The molecule has 61 heavy (non-hydrogen) atoms. The second-order valence-electron chi connectivity index (χ2n) is 16.2. The predicted molar refractivity (Wildman–Crippen MR) is 239 cm³/mol. The van der Waals surface area contributed by atoms with E-state index < -0.39 is 75.7 Å². The molecule has 0 heterocycles. The quantitative estimate of drug-likeness (QED) is 0.0148. The van der Waals surface area contributed by atoms with Gasteiger partial charge < -0.3 is 39.9 Å². The van der Waals surface area contributed by atoms with Gasteiger partial charge in [-0.3, -0.25) is 18.6 Å². The average Bonchev–Trinajstić information content (AvgIpc) is 3.24. The Balaban J connectivity index is 2.47. The van der Waals surface area contributed by atoms with E-state index in [2.05, 4.69) is 62.5 Å². The molecule has 6 atom stereocenters. The van der Waals surface area contributed by atoms with Gasteiger partial charge in [-0.1, -0.05) is 165 Å². The molecule has 1 fully saturated rings. The van der Waals surface area contributed by atoms with Crippen molar-refractivity contribution in [2.24, 2.45) is 0 Å². The third kappa shape index (κ3) is 29.7. The van der Waals surface area contributed by atoms with Gasteiger partial charge in [0.2, 0.25) is 0 Å². The Morgan fingerprint density at radius 1 is 0.525 bits per heavy atom. The van der Waals surface area contributed by atoms with Crippen molar-refractivity contribution >= 4 is 19.8 Å². The molecule has 14 heteroatoms. The number of phosphoric ester groups is 1. The number of hydrogen-bond donors (Lipinski definition) is 6. The van der Waals surface area contributed by atoms with Gasteiger partial charge >= 0.3 is 19.8 Å². The number of carbonyl (C=O) groups is 2. The van der Waals surface area contributed by atoms with E-state index in [-0.39, 0.29) is 12.8 Å². The van der Waals surface area contributed by atoms with Gasteiger partial charge in [0, 0.05) is 12.8 Å². The predicted octanol–water partition coefficient (Wildman–Crippen LogP) is 9.17. The highest BCUT2D eigenvalue weighted by molar-refractivity contribution is 7.47. The molecule has 13 nitrogen and oxygen atoms in total. The first-order valence-corrected chi connectivity index (χ1v) is 24.9. The van der Waals surface area contributed by atoms with Crippen LogP contribution in [0.25, 0.3) is 0 Å². The van der Waals surface area contributed by atoms with Crippen molar-refractivity contribution in [1.82, 2.24) is 0 Å². The topological polar surface area (TPSA) is 210 Å². The molecule has 0 amide bonds. The lowest BCUT2D eigenvalue weighted by molar-refractivity contribution is -0.220. The second kappa shape index (κ2) is 37.2. The summed E-state index contributed by atoms with van der Waals surface area (Å²) in [6, 6.07) is 0. The number of allylic oxidation sites excluding steroid dienone is 8. The number of rotatable bonds is 38. The molecule has 354 valence electrons. The summed E-state index contributed by atoms with van der Waals surface area (Å²) in [4.78, 5) is 35.7. The first-order valence-electron chi connectivity index (χ1n) is 23.4. The number of aliphatic hydroxyl groups is 5. The minimum absolute atomic E-state index is 0.0447. The Morgan fingerprint density at radius 3 is 1.43 bits per heavy atom. The largest absolute Gasteiger partial charge is 0.472 e. The molecule has 0 spiro atoms. The third-order valence-electron chi connectivity index (χ3n) is 10.7. The maximum atomic E-state index is 12.8. The zero-order valence-electron chi connectivity index (χ0n) is 37.4. The summed E-state index contributed by atoms with van der Waals surface area (Å²) >= 11 is 0. The molecular weight excluding hydrogens is 803 g/mol. The highest BCUT2D eigenvalue weighted by Gasteiger charge is 2.51.